The van der Waals surface area contributed by atoms with Gasteiger partial charge in [-0.3, -0.25) is 10.1 Å². The number of benzene rings is 1. The van der Waals surface area contributed by atoms with Gasteiger partial charge in [0.05, 0.1) is 21.2 Å². The molecule has 0 bridgehead atoms. The van der Waals surface area contributed by atoms with Crippen LogP contribution in [0.25, 0.3) is 0 Å². The summed E-state index contributed by atoms with van der Waals surface area (Å²) in [7, 11) is -3.40. The zero-order valence-electron chi connectivity index (χ0n) is 11.7. The smallest absolute Gasteiger partial charge is 0.259 e. The molecule has 1 fully saturated rings. The van der Waals surface area contributed by atoms with Crippen molar-refractivity contribution in [3.8, 4) is 0 Å². The average Bonchev–Trinajstić information content (AvgIpc) is 3.19. The van der Waals surface area contributed by atoms with Gasteiger partial charge in [-0.05, 0) is 31.0 Å². The van der Waals surface area contributed by atoms with E-state index in [-0.39, 0.29) is 15.5 Å². The number of nitrogens with one attached hydrogen (secondary N) is 1. The Morgan fingerprint density at radius 2 is 2.14 bits per heavy atom. The van der Waals surface area contributed by atoms with Gasteiger partial charge in [0.1, 0.15) is 0 Å². The highest BCUT2D eigenvalue weighted by molar-refractivity contribution is 7.90. The third-order valence-electron chi connectivity index (χ3n) is 3.35. The van der Waals surface area contributed by atoms with Crippen molar-refractivity contribution in [1.82, 2.24) is 4.98 Å². The van der Waals surface area contributed by atoms with Crippen molar-refractivity contribution in [3.63, 3.8) is 0 Å². The molecule has 0 radical (unpaired) electrons. The monoisotopic (exact) mass is 356 g/mol. The van der Waals surface area contributed by atoms with E-state index in [4.69, 9.17) is 11.6 Å². The lowest BCUT2D eigenvalue weighted by atomic mass is 10.2. The quantitative estimate of drug-likeness (QED) is 0.911. The number of carbonyl (C=O) groups is 1. The number of sulfone groups is 1. The summed E-state index contributed by atoms with van der Waals surface area (Å²) in [4.78, 5) is 16.7. The highest BCUT2D eigenvalue weighted by atomic mass is 35.5. The summed E-state index contributed by atoms with van der Waals surface area (Å²) in [5, 5.41) is 5.29. The SMILES string of the molecule is CS(=O)(=O)c1ccc(Cl)c(C(=O)Nc2nc(C3CC3)cs2)c1. The van der Waals surface area contributed by atoms with Crippen molar-refractivity contribution in [3.05, 3.63) is 39.9 Å². The Morgan fingerprint density at radius 3 is 2.77 bits per heavy atom. The molecule has 0 saturated heterocycles. The van der Waals surface area contributed by atoms with Gasteiger partial charge in [0, 0.05) is 17.6 Å². The summed E-state index contributed by atoms with van der Waals surface area (Å²) in [6, 6.07) is 4.07. The lowest BCUT2D eigenvalue weighted by molar-refractivity contribution is 0.102. The number of anilines is 1. The first-order valence-corrected chi connectivity index (χ1v) is 9.76. The maximum absolute atomic E-state index is 12.3. The molecule has 0 unspecified atom stereocenters. The largest absolute Gasteiger partial charge is 0.298 e. The van der Waals surface area contributed by atoms with Crippen LogP contribution in [-0.2, 0) is 9.84 Å². The fraction of sp³-hybridized carbons (Fsp3) is 0.286. The Kier molecular flexibility index (Phi) is 3.96. The summed E-state index contributed by atoms with van der Waals surface area (Å²) in [6.07, 6.45) is 3.36. The first kappa shape index (κ1) is 15.5. The molecule has 1 aliphatic rings. The number of nitrogens with zero attached hydrogens (tertiary/aromatic N) is 1. The van der Waals surface area contributed by atoms with E-state index in [0.717, 1.165) is 24.8 Å². The van der Waals surface area contributed by atoms with Gasteiger partial charge in [-0.15, -0.1) is 11.3 Å². The zero-order valence-corrected chi connectivity index (χ0v) is 14.1. The van der Waals surface area contributed by atoms with Gasteiger partial charge >= 0.3 is 0 Å². The third-order valence-corrected chi connectivity index (χ3v) is 5.56. The van der Waals surface area contributed by atoms with E-state index in [1.54, 1.807) is 0 Å². The summed E-state index contributed by atoms with van der Waals surface area (Å²) < 4.78 is 23.2. The zero-order chi connectivity index (χ0) is 15.9. The molecular formula is C14H13ClN2O3S2. The Balaban J connectivity index is 1.84. The van der Waals surface area contributed by atoms with Crippen molar-refractivity contribution in [2.24, 2.45) is 0 Å². The number of hydrogen-bond donors (Lipinski definition) is 1. The first-order valence-electron chi connectivity index (χ1n) is 6.61. The van der Waals surface area contributed by atoms with Gasteiger partial charge in [0.25, 0.3) is 5.91 Å². The molecule has 0 spiro atoms. The molecule has 1 aromatic carbocycles. The van der Waals surface area contributed by atoms with Crippen LogP contribution in [0.3, 0.4) is 0 Å². The van der Waals surface area contributed by atoms with E-state index < -0.39 is 15.7 Å². The minimum atomic E-state index is -3.40. The highest BCUT2D eigenvalue weighted by Crippen LogP contribution is 2.40. The fourth-order valence-corrected chi connectivity index (χ4v) is 3.62. The normalized spacial score (nSPS) is 14.8. The third kappa shape index (κ3) is 3.31. The van der Waals surface area contributed by atoms with Gasteiger partial charge in [-0.2, -0.15) is 0 Å². The molecule has 1 amide bonds. The Labute approximate surface area is 137 Å². The standard InChI is InChI=1S/C14H13ClN2O3S2/c1-22(19,20)9-4-5-11(15)10(6-9)13(18)17-14-16-12(7-21-14)8-2-3-8/h4-8H,2-3H2,1H3,(H,16,17,18). The van der Waals surface area contributed by atoms with Crippen LogP contribution in [0.4, 0.5) is 5.13 Å². The summed E-state index contributed by atoms with van der Waals surface area (Å²) >= 11 is 7.35. The minimum Gasteiger partial charge on any atom is -0.298 e. The molecule has 2 aromatic rings. The van der Waals surface area contributed by atoms with Gasteiger partial charge in [-0.1, -0.05) is 11.6 Å². The van der Waals surface area contributed by atoms with Crippen molar-refractivity contribution in [2.75, 3.05) is 11.6 Å². The number of hydrogen-bond acceptors (Lipinski definition) is 5. The van der Waals surface area contributed by atoms with E-state index in [2.05, 4.69) is 10.3 Å². The van der Waals surface area contributed by atoms with Crippen LogP contribution in [-0.4, -0.2) is 25.6 Å². The second kappa shape index (κ2) is 5.64. The van der Waals surface area contributed by atoms with Crippen molar-refractivity contribution < 1.29 is 13.2 Å². The molecule has 1 heterocycles. The van der Waals surface area contributed by atoms with Crippen molar-refractivity contribution in [1.29, 1.82) is 0 Å². The highest BCUT2D eigenvalue weighted by Gasteiger charge is 2.26. The lowest BCUT2D eigenvalue weighted by Crippen LogP contribution is -2.13. The maximum Gasteiger partial charge on any atom is 0.259 e. The molecule has 3 rings (SSSR count). The molecule has 1 aromatic heterocycles. The maximum atomic E-state index is 12.3. The van der Waals surface area contributed by atoms with Crippen LogP contribution in [0.2, 0.25) is 5.02 Å². The van der Waals surface area contributed by atoms with Crippen molar-refractivity contribution >= 4 is 43.8 Å². The number of amides is 1. The topological polar surface area (TPSA) is 76.1 Å². The van der Waals surface area contributed by atoms with E-state index in [9.17, 15) is 13.2 Å². The fourth-order valence-electron chi connectivity index (χ4n) is 1.98. The molecule has 0 atom stereocenters. The summed E-state index contributed by atoms with van der Waals surface area (Å²) in [5.41, 5.74) is 1.11. The van der Waals surface area contributed by atoms with Crippen molar-refractivity contribution in [2.45, 2.75) is 23.7 Å². The molecule has 1 aliphatic carbocycles. The molecule has 22 heavy (non-hydrogen) atoms. The molecule has 0 aliphatic heterocycles. The van der Waals surface area contributed by atoms with Crippen LogP contribution in [0.1, 0.15) is 34.8 Å². The van der Waals surface area contributed by atoms with Crippen LogP contribution in [0.5, 0.6) is 0 Å². The van der Waals surface area contributed by atoms with Crippen LogP contribution < -0.4 is 5.32 Å². The number of rotatable bonds is 4. The van der Waals surface area contributed by atoms with Crippen LogP contribution in [0.15, 0.2) is 28.5 Å². The number of aromatic nitrogens is 1. The first-order chi connectivity index (χ1) is 10.3. The predicted octanol–water partition coefficient (Wildman–Crippen LogP) is 3.33. The molecule has 8 heteroatoms. The Bertz CT molecular complexity index is 842. The predicted molar refractivity (Wildman–Crippen MR) is 86.6 cm³/mol. The van der Waals surface area contributed by atoms with E-state index in [1.807, 2.05) is 5.38 Å². The number of thiazole rings is 1. The van der Waals surface area contributed by atoms with E-state index in [0.29, 0.717) is 11.0 Å². The van der Waals surface area contributed by atoms with Gasteiger partial charge < -0.3 is 0 Å². The lowest BCUT2D eigenvalue weighted by Gasteiger charge is -2.06. The van der Waals surface area contributed by atoms with Gasteiger partial charge in [0.2, 0.25) is 0 Å². The number of carbonyl (C=O) groups excluding carboxylic acids is 1. The summed E-state index contributed by atoms with van der Waals surface area (Å²) in [6.45, 7) is 0. The molecule has 1 N–H and O–H groups in total. The van der Waals surface area contributed by atoms with E-state index >= 15 is 0 Å². The molecule has 5 nitrogen and oxygen atoms in total. The second-order valence-corrected chi connectivity index (χ2v) is 8.50. The Hall–Kier alpha value is -1.44. The molecule has 1 saturated carbocycles. The second-order valence-electron chi connectivity index (χ2n) is 5.22. The van der Waals surface area contributed by atoms with Gasteiger partial charge in [-0.25, -0.2) is 13.4 Å². The van der Waals surface area contributed by atoms with E-state index in [1.165, 1.54) is 29.5 Å². The Morgan fingerprint density at radius 1 is 1.41 bits per heavy atom. The minimum absolute atomic E-state index is 0.0554. The average molecular weight is 357 g/mol. The van der Waals surface area contributed by atoms with Crippen LogP contribution in [0, 0.1) is 0 Å². The summed E-state index contributed by atoms with van der Waals surface area (Å²) in [5.74, 6) is 0.0475. The van der Waals surface area contributed by atoms with Crippen LogP contribution >= 0.6 is 22.9 Å². The molecular weight excluding hydrogens is 344 g/mol. The van der Waals surface area contributed by atoms with Gasteiger partial charge in [0.15, 0.2) is 15.0 Å². The number of halogens is 1. The molecule has 116 valence electrons.